The number of carbonyl (C=O) groups is 1. The summed E-state index contributed by atoms with van der Waals surface area (Å²) in [7, 11) is 0. The van der Waals surface area contributed by atoms with Crippen molar-refractivity contribution in [2.24, 2.45) is 5.73 Å². The molecule has 0 fully saturated rings. The normalized spacial score (nSPS) is 12.1. The molecule has 112 valence electrons. The van der Waals surface area contributed by atoms with Gasteiger partial charge in [0.15, 0.2) is 0 Å². The summed E-state index contributed by atoms with van der Waals surface area (Å²) >= 11 is 0. The minimum absolute atomic E-state index is 0.0539. The molecular formula is C16H22N4O. The van der Waals surface area contributed by atoms with Crippen LogP contribution in [-0.2, 0) is 13.0 Å². The van der Waals surface area contributed by atoms with Gasteiger partial charge in [0.1, 0.15) is 5.69 Å². The molecule has 0 aliphatic carbocycles. The van der Waals surface area contributed by atoms with Gasteiger partial charge in [-0.1, -0.05) is 24.3 Å². The molecule has 5 nitrogen and oxygen atoms in total. The molecule has 0 spiro atoms. The minimum atomic E-state index is -0.146. The van der Waals surface area contributed by atoms with Crippen molar-refractivity contribution in [3.05, 3.63) is 53.6 Å². The van der Waals surface area contributed by atoms with Crippen molar-refractivity contribution < 1.29 is 4.79 Å². The van der Waals surface area contributed by atoms with E-state index in [0.29, 0.717) is 18.8 Å². The van der Waals surface area contributed by atoms with E-state index in [1.807, 2.05) is 23.6 Å². The van der Waals surface area contributed by atoms with Crippen molar-refractivity contribution in [3.8, 4) is 0 Å². The fraction of sp³-hybridized carbons (Fsp3) is 0.375. The smallest absolute Gasteiger partial charge is 0.271 e. The summed E-state index contributed by atoms with van der Waals surface area (Å²) in [6, 6.07) is 8.27. The van der Waals surface area contributed by atoms with Gasteiger partial charge in [-0.25, -0.2) is 4.98 Å². The van der Waals surface area contributed by atoms with E-state index in [0.717, 1.165) is 6.42 Å². The number of rotatable bonds is 6. The Morgan fingerprint density at radius 2 is 2.19 bits per heavy atom. The van der Waals surface area contributed by atoms with E-state index >= 15 is 0 Å². The van der Waals surface area contributed by atoms with Gasteiger partial charge in [-0.15, -0.1) is 0 Å². The summed E-state index contributed by atoms with van der Waals surface area (Å²) in [5, 5.41) is 2.98. The van der Waals surface area contributed by atoms with E-state index in [4.69, 9.17) is 5.73 Å². The second-order valence-corrected chi connectivity index (χ2v) is 5.29. The van der Waals surface area contributed by atoms with Gasteiger partial charge in [0, 0.05) is 25.3 Å². The van der Waals surface area contributed by atoms with Gasteiger partial charge in [0.05, 0.1) is 6.33 Å². The first-order valence-electron chi connectivity index (χ1n) is 7.17. The number of hydrogen-bond donors (Lipinski definition) is 2. The zero-order valence-corrected chi connectivity index (χ0v) is 12.5. The average molecular weight is 286 g/mol. The molecule has 21 heavy (non-hydrogen) atoms. The van der Waals surface area contributed by atoms with Crippen LogP contribution in [0.5, 0.6) is 0 Å². The Kier molecular flexibility index (Phi) is 5.11. The number of imidazole rings is 1. The van der Waals surface area contributed by atoms with Crippen LogP contribution in [0.15, 0.2) is 36.8 Å². The monoisotopic (exact) mass is 286 g/mol. The zero-order valence-electron chi connectivity index (χ0n) is 12.5. The molecule has 0 radical (unpaired) electrons. The maximum Gasteiger partial charge on any atom is 0.271 e. The summed E-state index contributed by atoms with van der Waals surface area (Å²) in [5.74, 6) is -0.146. The predicted molar refractivity (Wildman–Crippen MR) is 83.1 cm³/mol. The Hall–Kier alpha value is -2.14. The second kappa shape index (κ2) is 7.04. The van der Waals surface area contributed by atoms with Crippen LogP contribution < -0.4 is 11.1 Å². The van der Waals surface area contributed by atoms with Crippen LogP contribution in [0, 0.1) is 6.92 Å². The van der Waals surface area contributed by atoms with Gasteiger partial charge < -0.3 is 15.6 Å². The molecule has 0 saturated heterocycles. The van der Waals surface area contributed by atoms with Crippen molar-refractivity contribution >= 4 is 5.91 Å². The predicted octanol–water partition coefficient (Wildman–Crippen LogP) is 1.51. The first-order valence-corrected chi connectivity index (χ1v) is 7.17. The number of hydrogen-bond acceptors (Lipinski definition) is 3. The third kappa shape index (κ3) is 4.16. The standard InChI is InChI=1S/C16H22N4O/c1-12-5-3-4-6-14(12)9-13(2)19-16(21)15-10-20(8-7-17)11-18-15/h3-6,10-11,13H,7-9,17H2,1-2H3,(H,19,21). The van der Waals surface area contributed by atoms with E-state index < -0.39 is 0 Å². The van der Waals surface area contributed by atoms with Gasteiger partial charge in [0.2, 0.25) is 0 Å². The van der Waals surface area contributed by atoms with E-state index in [1.54, 1.807) is 12.5 Å². The van der Waals surface area contributed by atoms with Crippen LogP contribution in [-0.4, -0.2) is 28.0 Å². The first kappa shape index (κ1) is 15.3. The summed E-state index contributed by atoms with van der Waals surface area (Å²) in [4.78, 5) is 16.2. The lowest BCUT2D eigenvalue weighted by Gasteiger charge is -2.14. The lowest BCUT2D eigenvalue weighted by Crippen LogP contribution is -2.34. The van der Waals surface area contributed by atoms with Crippen LogP contribution in [0.25, 0.3) is 0 Å². The molecular weight excluding hydrogens is 264 g/mol. The number of amides is 1. The minimum Gasteiger partial charge on any atom is -0.348 e. The highest BCUT2D eigenvalue weighted by molar-refractivity contribution is 5.92. The number of carbonyl (C=O) groups excluding carboxylic acids is 1. The third-order valence-corrected chi connectivity index (χ3v) is 3.42. The largest absolute Gasteiger partial charge is 0.348 e. The lowest BCUT2D eigenvalue weighted by atomic mass is 10.0. The quantitative estimate of drug-likeness (QED) is 0.845. The van der Waals surface area contributed by atoms with Crippen molar-refractivity contribution in [1.82, 2.24) is 14.9 Å². The van der Waals surface area contributed by atoms with Gasteiger partial charge in [0.25, 0.3) is 5.91 Å². The maximum atomic E-state index is 12.1. The second-order valence-electron chi connectivity index (χ2n) is 5.29. The molecule has 0 aliphatic rings. The molecule has 0 aliphatic heterocycles. The fourth-order valence-corrected chi connectivity index (χ4v) is 2.27. The number of benzene rings is 1. The molecule has 1 unspecified atom stereocenters. The van der Waals surface area contributed by atoms with Crippen molar-refractivity contribution in [1.29, 1.82) is 0 Å². The number of aryl methyl sites for hydroxylation is 1. The molecule has 2 rings (SSSR count). The molecule has 1 aromatic carbocycles. The Bertz CT molecular complexity index is 606. The highest BCUT2D eigenvalue weighted by Crippen LogP contribution is 2.10. The van der Waals surface area contributed by atoms with Gasteiger partial charge in [-0.3, -0.25) is 4.79 Å². The van der Waals surface area contributed by atoms with Gasteiger partial charge in [-0.2, -0.15) is 0 Å². The Balaban J connectivity index is 1.94. The number of nitrogens with two attached hydrogens (primary N) is 1. The number of nitrogens with zero attached hydrogens (tertiary/aromatic N) is 2. The first-order chi connectivity index (χ1) is 10.1. The van der Waals surface area contributed by atoms with Crippen LogP contribution in [0.3, 0.4) is 0 Å². The summed E-state index contributed by atoms with van der Waals surface area (Å²) in [6.45, 7) is 5.28. The highest BCUT2D eigenvalue weighted by Gasteiger charge is 2.13. The summed E-state index contributed by atoms with van der Waals surface area (Å²) in [5.41, 5.74) is 8.40. The Labute approximate surface area is 125 Å². The molecule has 1 heterocycles. The van der Waals surface area contributed by atoms with E-state index in [2.05, 4.69) is 29.4 Å². The Morgan fingerprint density at radius 3 is 2.90 bits per heavy atom. The van der Waals surface area contributed by atoms with Crippen LogP contribution in [0.4, 0.5) is 0 Å². The summed E-state index contributed by atoms with van der Waals surface area (Å²) in [6.07, 6.45) is 4.17. The molecule has 1 amide bonds. The molecule has 2 aromatic rings. The topological polar surface area (TPSA) is 72.9 Å². The molecule has 1 aromatic heterocycles. The van der Waals surface area contributed by atoms with Gasteiger partial charge in [-0.05, 0) is 31.4 Å². The van der Waals surface area contributed by atoms with E-state index in [9.17, 15) is 4.79 Å². The van der Waals surface area contributed by atoms with Crippen molar-refractivity contribution in [2.75, 3.05) is 6.54 Å². The van der Waals surface area contributed by atoms with Crippen molar-refractivity contribution in [3.63, 3.8) is 0 Å². The van der Waals surface area contributed by atoms with Crippen LogP contribution in [0.2, 0.25) is 0 Å². The van der Waals surface area contributed by atoms with Crippen molar-refractivity contribution in [2.45, 2.75) is 32.9 Å². The number of aromatic nitrogens is 2. The van der Waals surface area contributed by atoms with E-state index in [-0.39, 0.29) is 11.9 Å². The molecule has 1 atom stereocenters. The molecule has 0 saturated carbocycles. The third-order valence-electron chi connectivity index (χ3n) is 3.42. The summed E-state index contributed by atoms with van der Waals surface area (Å²) < 4.78 is 1.82. The average Bonchev–Trinajstić information content (AvgIpc) is 2.90. The Morgan fingerprint density at radius 1 is 1.43 bits per heavy atom. The zero-order chi connectivity index (χ0) is 15.2. The lowest BCUT2D eigenvalue weighted by molar-refractivity contribution is 0.0935. The number of nitrogens with one attached hydrogen (secondary N) is 1. The van der Waals surface area contributed by atoms with E-state index in [1.165, 1.54) is 11.1 Å². The fourth-order valence-electron chi connectivity index (χ4n) is 2.27. The van der Waals surface area contributed by atoms with Crippen LogP contribution >= 0.6 is 0 Å². The molecule has 0 bridgehead atoms. The van der Waals surface area contributed by atoms with Crippen LogP contribution in [0.1, 0.15) is 28.5 Å². The molecule has 3 N–H and O–H groups in total. The molecule has 5 heteroatoms. The highest BCUT2D eigenvalue weighted by atomic mass is 16.1. The maximum absolute atomic E-state index is 12.1. The SMILES string of the molecule is Cc1ccccc1CC(C)NC(=O)c1cn(CCN)cn1. The van der Waals surface area contributed by atoms with Gasteiger partial charge >= 0.3 is 0 Å².